The quantitative estimate of drug-likeness (QED) is 0.829. The first-order valence-corrected chi connectivity index (χ1v) is 8.74. The highest BCUT2D eigenvalue weighted by Gasteiger charge is 2.44. The summed E-state index contributed by atoms with van der Waals surface area (Å²) >= 11 is 3.50. The predicted molar refractivity (Wildman–Crippen MR) is 95.2 cm³/mol. The van der Waals surface area contributed by atoms with E-state index in [1.54, 1.807) is 0 Å². The molecule has 3 nitrogen and oxygen atoms in total. The number of rotatable bonds is 4. The first-order chi connectivity index (χ1) is 10.2. The molecule has 3 rings (SSSR count). The van der Waals surface area contributed by atoms with Gasteiger partial charge in [-0.05, 0) is 55.3 Å². The maximum atomic E-state index is 12.4. The van der Waals surface area contributed by atoms with Crippen LogP contribution in [0.4, 0.5) is 0 Å². The zero-order valence-corrected chi connectivity index (χ0v) is 15.0. The Morgan fingerprint density at radius 3 is 2.82 bits per heavy atom. The van der Waals surface area contributed by atoms with Gasteiger partial charge in [0.05, 0.1) is 0 Å². The van der Waals surface area contributed by atoms with Crippen molar-refractivity contribution in [1.82, 2.24) is 5.32 Å². The fourth-order valence-electron chi connectivity index (χ4n) is 3.56. The number of nitrogens with two attached hydrogens (primary N) is 1. The van der Waals surface area contributed by atoms with Gasteiger partial charge in [0.2, 0.25) is 5.91 Å². The molecule has 2 aliphatic carbocycles. The lowest BCUT2D eigenvalue weighted by molar-refractivity contribution is -0.123. The van der Waals surface area contributed by atoms with Gasteiger partial charge in [0, 0.05) is 16.4 Å². The molecule has 0 spiro atoms. The Labute approximate surface area is 147 Å². The van der Waals surface area contributed by atoms with E-state index in [0.29, 0.717) is 24.4 Å². The summed E-state index contributed by atoms with van der Waals surface area (Å²) in [6.45, 7) is 0.685. The zero-order chi connectivity index (χ0) is 14.8. The number of carbonyl (C=O) groups is 1. The Morgan fingerprint density at radius 2 is 2.09 bits per heavy atom. The van der Waals surface area contributed by atoms with E-state index in [0.717, 1.165) is 23.7 Å². The lowest BCUT2D eigenvalue weighted by atomic mass is 9.84. The van der Waals surface area contributed by atoms with E-state index in [4.69, 9.17) is 5.73 Å². The van der Waals surface area contributed by atoms with Crippen molar-refractivity contribution in [2.45, 2.75) is 44.1 Å². The maximum absolute atomic E-state index is 12.4. The molecule has 1 amide bonds. The number of benzene rings is 1. The molecule has 122 valence electrons. The topological polar surface area (TPSA) is 55.1 Å². The van der Waals surface area contributed by atoms with Crippen LogP contribution < -0.4 is 11.1 Å². The van der Waals surface area contributed by atoms with Gasteiger partial charge >= 0.3 is 0 Å². The minimum Gasteiger partial charge on any atom is -0.353 e. The molecular formula is C17H24BrClN2O. The number of nitrogens with one attached hydrogen (secondary N) is 1. The molecule has 2 fully saturated rings. The minimum absolute atomic E-state index is 0. The van der Waals surface area contributed by atoms with E-state index < -0.39 is 0 Å². The Hall–Kier alpha value is -0.580. The van der Waals surface area contributed by atoms with Crippen molar-refractivity contribution >= 4 is 34.2 Å². The first kappa shape index (κ1) is 17.8. The normalized spacial score (nSPS) is 30.3. The molecule has 2 aliphatic rings. The molecule has 2 saturated carbocycles. The van der Waals surface area contributed by atoms with E-state index in [1.807, 2.05) is 12.1 Å². The largest absolute Gasteiger partial charge is 0.353 e. The van der Waals surface area contributed by atoms with Crippen LogP contribution in [0.25, 0.3) is 0 Å². The summed E-state index contributed by atoms with van der Waals surface area (Å²) in [5, 5.41) is 3.27. The predicted octanol–water partition coefficient (Wildman–Crippen LogP) is 3.61. The van der Waals surface area contributed by atoms with Gasteiger partial charge in [-0.1, -0.05) is 40.9 Å². The molecule has 1 aromatic carbocycles. The molecule has 0 aliphatic heterocycles. The number of hydrogen-bond donors (Lipinski definition) is 2. The fourth-order valence-corrected chi connectivity index (χ4v) is 3.98. The third-order valence-corrected chi connectivity index (χ3v) is 5.44. The van der Waals surface area contributed by atoms with Crippen molar-refractivity contribution in [3.05, 3.63) is 34.3 Å². The third kappa shape index (κ3) is 4.03. The molecule has 0 aromatic heterocycles. The summed E-state index contributed by atoms with van der Waals surface area (Å²) in [5.41, 5.74) is 7.11. The second kappa shape index (κ2) is 7.80. The molecule has 1 aromatic rings. The Morgan fingerprint density at radius 1 is 1.32 bits per heavy atom. The average molecular weight is 388 g/mol. The monoisotopic (exact) mass is 386 g/mol. The van der Waals surface area contributed by atoms with E-state index in [1.165, 1.54) is 18.4 Å². The van der Waals surface area contributed by atoms with Gasteiger partial charge in [0.15, 0.2) is 0 Å². The van der Waals surface area contributed by atoms with Crippen LogP contribution in [-0.4, -0.2) is 18.5 Å². The molecule has 22 heavy (non-hydrogen) atoms. The SMILES string of the molecule is Cl.NCC1CCCCC1NC(=O)C1CC1c1cccc(Br)c1. The number of carbonyl (C=O) groups excluding carboxylic acids is 1. The summed E-state index contributed by atoms with van der Waals surface area (Å²) in [5.74, 6) is 1.23. The lowest BCUT2D eigenvalue weighted by Crippen LogP contribution is -2.45. The van der Waals surface area contributed by atoms with Gasteiger partial charge in [0.25, 0.3) is 0 Å². The second-order valence-electron chi connectivity index (χ2n) is 6.40. The fraction of sp³-hybridized carbons (Fsp3) is 0.588. The summed E-state index contributed by atoms with van der Waals surface area (Å²) in [4.78, 5) is 12.4. The number of hydrogen-bond acceptors (Lipinski definition) is 2. The first-order valence-electron chi connectivity index (χ1n) is 7.95. The highest BCUT2D eigenvalue weighted by Crippen LogP contribution is 2.48. The van der Waals surface area contributed by atoms with Crippen LogP contribution in [0.3, 0.4) is 0 Å². The summed E-state index contributed by atoms with van der Waals surface area (Å²) in [6.07, 6.45) is 5.67. The van der Waals surface area contributed by atoms with Crippen LogP contribution in [0.5, 0.6) is 0 Å². The van der Waals surface area contributed by atoms with Crippen LogP contribution in [0, 0.1) is 11.8 Å². The van der Waals surface area contributed by atoms with Crippen molar-refractivity contribution in [1.29, 1.82) is 0 Å². The van der Waals surface area contributed by atoms with E-state index in [-0.39, 0.29) is 24.2 Å². The molecule has 0 heterocycles. The number of amides is 1. The van der Waals surface area contributed by atoms with Crippen LogP contribution in [0.15, 0.2) is 28.7 Å². The van der Waals surface area contributed by atoms with Gasteiger partial charge in [-0.25, -0.2) is 0 Å². The summed E-state index contributed by atoms with van der Waals surface area (Å²) < 4.78 is 1.08. The van der Waals surface area contributed by atoms with Crippen molar-refractivity contribution in [3.63, 3.8) is 0 Å². The average Bonchev–Trinajstić information content (AvgIpc) is 3.28. The molecule has 0 radical (unpaired) electrons. The highest BCUT2D eigenvalue weighted by atomic mass is 79.9. The molecular weight excluding hydrogens is 364 g/mol. The van der Waals surface area contributed by atoms with Gasteiger partial charge < -0.3 is 11.1 Å². The second-order valence-corrected chi connectivity index (χ2v) is 7.31. The van der Waals surface area contributed by atoms with Crippen molar-refractivity contribution in [3.8, 4) is 0 Å². The van der Waals surface area contributed by atoms with Crippen LogP contribution >= 0.6 is 28.3 Å². The Bertz CT molecular complexity index is 525. The lowest BCUT2D eigenvalue weighted by Gasteiger charge is -2.31. The minimum atomic E-state index is 0. The molecule has 0 bridgehead atoms. The maximum Gasteiger partial charge on any atom is 0.223 e. The van der Waals surface area contributed by atoms with Crippen LogP contribution in [-0.2, 0) is 4.79 Å². The highest BCUT2D eigenvalue weighted by molar-refractivity contribution is 9.10. The van der Waals surface area contributed by atoms with E-state index in [9.17, 15) is 4.79 Å². The Balaban J connectivity index is 0.00000176. The van der Waals surface area contributed by atoms with Gasteiger partial charge in [-0.15, -0.1) is 12.4 Å². The third-order valence-electron chi connectivity index (χ3n) is 4.94. The van der Waals surface area contributed by atoms with E-state index >= 15 is 0 Å². The van der Waals surface area contributed by atoms with Gasteiger partial charge in [0.1, 0.15) is 0 Å². The van der Waals surface area contributed by atoms with Crippen molar-refractivity contribution < 1.29 is 4.79 Å². The molecule has 3 N–H and O–H groups in total. The van der Waals surface area contributed by atoms with E-state index in [2.05, 4.69) is 33.4 Å². The molecule has 0 saturated heterocycles. The van der Waals surface area contributed by atoms with Crippen molar-refractivity contribution in [2.24, 2.45) is 17.6 Å². The van der Waals surface area contributed by atoms with Gasteiger partial charge in [-0.3, -0.25) is 4.79 Å². The smallest absolute Gasteiger partial charge is 0.223 e. The standard InChI is InChI=1S/C17H23BrN2O.ClH/c18-13-6-3-5-11(8-13)14-9-15(14)17(21)20-16-7-2-1-4-12(16)10-19;/h3,5-6,8,12,14-16H,1-2,4,7,9-10,19H2,(H,20,21);1H. The Kier molecular flexibility index (Phi) is 6.30. The van der Waals surface area contributed by atoms with Crippen LogP contribution in [0.1, 0.15) is 43.6 Å². The van der Waals surface area contributed by atoms with Crippen LogP contribution in [0.2, 0.25) is 0 Å². The zero-order valence-electron chi connectivity index (χ0n) is 12.6. The number of halogens is 2. The van der Waals surface area contributed by atoms with Gasteiger partial charge in [-0.2, -0.15) is 0 Å². The molecule has 4 unspecified atom stereocenters. The van der Waals surface area contributed by atoms with Crippen molar-refractivity contribution in [2.75, 3.05) is 6.54 Å². The summed E-state index contributed by atoms with van der Waals surface area (Å²) in [6, 6.07) is 8.60. The molecule has 4 atom stereocenters. The molecule has 5 heteroatoms. The summed E-state index contributed by atoms with van der Waals surface area (Å²) in [7, 11) is 0.